The van der Waals surface area contributed by atoms with Gasteiger partial charge in [0.1, 0.15) is 5.69 Å². The normalized spacial score (nSPS) is 10.6. The molecule has 0 saturated heterocycles. The number of pyridine rings is 1. The van der Waals surface area contributed by atoms with Crippen molar-refractivity contribution in [3.05, 3.63) is 26.3 Å². The summed E-state index contributed by atoms with van der Waals surface area (Å²) in [5.74, 6) is -0.769. The highest BCUT2D eigenvalue weighted by Gasteiger charge is 2.23. The van der Waals surface area contributed by atoms with Crippen molar-refractivity contribution >= 4 is 27.4 Å². The number of anilines is 1. The lowest BCUT2D eigenvalue weighted by molar-refractivity contribution is -0.388. The SMILES string of the molecule is Nc1c(Br)cc(C(F)F)nc1[N+](=O)[O-]. The van der Waals surface area contributed by atoms with Crippen LogP contribution in [0.25, 0.3) is 0 Å². The van der Waals surface area contributed by atoms with Gasteiger partial charge in [-0.3, -0.25) is 0 Å². The molecule has 0 aliphatic heterocycles. The Balaban J connectivity index is 3.35. The number of nitrogens with two attached hydrogens (primary N) is 1. The molecule has 1 rings (SSSR count). The second kappa shape index (κ2) is 3.82. The van der Waals surface area contributed by atoms with Crippen LogP contribution in [0.5, 0.6) is 0 Å². The van der Waals surface area contributed by atoms with Crippen LogP contribution in [0.4, 0.5) is 20.3 Å². The monoisotopic (exact) mass is 267 g/mol. The molecule has 0 bridgehead atoms. The van der Waals surface area contributed by atoms with Crippen molar-refractivity contribution in [2.24, 2.45) is 0 Å². The third kappa shape index (κ3) is 1.95. The predicted octanol–water partition coefficient (Wildman–Crippen LogP) is 2.27. The van der Waals surface area contributed by atoms with Crippen LogP contribution in [-0.2, 0) is 0 Å². The summed E-state index contributed by atoms with van der Waals surface area (Å²) < 4.78 is 24.4. The summed E-state index contributed by atoms with van der Waals surface area (Å²) in [5.41, 5.74) is 4.31. The molecule has 1 heterocycles. The molecule has 0 amide bonds. The van der Waals surface area contributed by atoms with Crippen LogP contribution in [0.15, 0.2) is 10.5 Å². The Kier molecular flexibility index (Phi) is 2.94. The van der Waals surface area contributed by atoms with Gasteiger partial charge in [0.2, 0.25) is 5.69 Å². The smallest absolute Gasteiger partial charge is 0.388 e. The van der Waals surface area contributed by atoms with E-state index >= 15 is 0 Å². The second-order valence-corrected chi connectivity index (χ2v) is 3.18. The Hall–Kier alpha value is -1.31. The fraction of sp³-hybridized carbons (Fsp3) is 0.167. The maximum atomic E-state index is 12.2. The molecule has 0 atom stereocenters. The number of hydrogen-bond donors (Lipinski definition) is 1. The molecular formula is C6H4BrF2N3O2. The molecule has 0 aliphatic rings. The van der Waals surface area contributed by atoms with E-state index in [1.807, 2.05) is 0 Å². The molecule has 5 nitrogen and oxygen atoms in total. The summed E-state index contributed by atoms with van der Waals surface area (Å²) in [6.07, 6.45) is -2.87. The van der Waals surface area contributed by atoms with Gasteiger partial charge < -0.3 is 15.8 Å². The average Bonchev–Trinajstić information content (AvgIpc) is 2.08. The minimum Gasteiger partial charge on any atom is -0.391 e. The molecule has 0 radical (unpaired) electrons. The molecule has 0 unspecified atom stereocenters. The largest absolute Gasteiger partial charge is 0.391 e. The fourth-order valence-corrected chi connectivity index (χ4v) is 1.19. The van der Waals surface area contributed by atoms with Crippen LogP contribution in [0.2, 0.25) is 0 Å². The number of nitrogens with zero attached hydrogens (tertiary/aromatic N) is 2. The zero-order valence-corrected chi connectivity index (χ0v) is 8.16. The van der Waals surface area contributed by atoms with Gasteiger partial charge in [0.15, 0.2) is 0 Å². The number of nitro groups is 1. The molecule has 1 aromatic rings. The zero-order valence-electron chi connectivity index (χ0n) is 6.58. The minimum atomic E-state index is -2.87. The van der Waals surface area contributed by atoms with Crippen LogP contribution in [-0.4, -0.2) is 9.91 Å². The van der Waals surface area contributed by atoms with Crippen molar-refractivity contribution in [3.63, 3.8) is 0 Å². The van der Waals surface area contributed by atoms with Gasteiger partial charge in [0.05, 0.1) is 4.47 Å². The highest BCUT2D eigenvalue weighted by atomic mass is 79.9. The van der Waals surface area contributed by atoms with Gasteiger partial charge in [-0.2, -0.15) is 0 Å². The molecule has 1 aromatic heterocycles. The number of nitrogen functional groups attached to an aromatic ring is 1. The van der Waals surface area contributed by atoms with Crippen molar-refractivity contribution in [2.45, 2.75) is 6.43 Å². The average molecular weight is 268 g/mol. The van der Waals surface area contributed by atoms with Gasteiger partial charge in [-0.15, -0.1) is 0 Å². The molecule has 0 fully saturated rings. The summed E-state index contributed by atoms with van der Waals surface area (Å²) in [5, 5.41) is 10.3. The second-order valence-electron chi connectivity index (χ2n) is 2.32. The molecular weight excluding hydrogens is 264 g/mol. The van der Waals surface area contributed by atoms with Gasteiger partial charge in [-0.1, -0.05) is 0 Å². The Morgan fingerprint density at radius 3 is 2.64 bits per heavy atom. The summed E-state index contributed by atoms with van der Waals surface area (Å²) >= 11 is 2.83. The topological polar surface area (TPSA) is 82.0 Å². The van der Waals surface area contributed by atoms with Gasteiger partial charge in [-0.05, 0) is 25.8 Å². The van der Waals surface area contributed by atoms with Gasteiger partial charge in [0, 0.05) is 6.07 Å². The fourth-order valence-electron chi connectivity index (χ4n) is 0.780. The van der Waals surface area contributed by atoms with E-state index in [4.69, 9.17) is 5.73 Å². The maximum Gasteiger partial charge on any atom is 0.388 e. The van der Waals surface area contributed by atoms with Gasteiger partial charge in [0.25, 0.3) is 0 Å². The molecule has 0 spiro atoms. The molecule has 14 heavy (non-hydrogen) atoms. The highest BCUT2D eigenvalue weighted by molar-refractivity contribution is 9.10. The van der Waals surface area contributed by atoms with Crippen LogP contribution < -0.4 is 5.73 Å². The van der Waals surface area contributed by atoms with E-state index in [9.17, 15) is 18.9 Å². The van der Waals surface area contributed by atoms with Crippen molar-refractivity contribution in [3.8, 4) is 0 Å². The predicted molar refractivity (Wildman–Crippen MR) is 48.0 cm³/mol. The van der Waals surface area contributed by atoms with Crippen molar-refractivity contribution < 1.29 is 13.7 Å². The minimum absolute atomic E-state index is 0.0366. The molecule has 0 aromatic carbocycles. The Morgan fingerprint density at radius 1 is 1.64 bits per heavy atom. The van der Waals surface area contributed by atoms with Gasteiger partial charge >= 0.3 is 12.2 Å². The third-order valence-electron chi connectivity index (χ3n) is 1.40. The summed E-state index contributed by atoms with van der Waals surface area (Å²) in [7, 11) is 0. The first kappa shape index (κ1) is 10.8. The van der Waals surface area contributed by atoms with E-state index in [-0.39, 0.29) is 10.2 Å². The molecule has 0 saturated carbocycles. The van der Waals surface area contributed by atoms with E-state index in [0.717, 1.165) is 6.07 Å². The first-order valence-corrected chi connectivity index (χ1v) is 4.11. The third-order valence-corrected chi connectivity index (χ3v) is 2.06. The highest BCUT2D eigenvalue weighted by Crippen LogP contribution is 2.31. The lowest BCUT2D eigenvalue weighted by atomic mass is 10.3. The summed E-state index contributed by atoms with van der Waals surface area (Å²) in [6.45, 7) is 0. The zero-order chi connectivity index (χ0) is 10.9. The number of alkyl halides is 2. The quantitative estimate of drug-likeness (QED) is 0.658. The Bertz CT molecular complexity index is 386. The van der Waals surface area contributed by atoms with E-state index in [0.29, 0.717) is 0 Å². The number of halogens is 3. The maximum absolute atomic E-state index is 12.2. The lowest BCUT2D eigenvalue weighted by Gasteiger charge is -2.01. The molecule has 2 N–H and O–H groups in total. The van der Waals surface area contributed by atoms with E-state index in [1.165, 1.54) is 0 Å². The lowest BCUT2D eigenvalue weighted by Crippen LogP contribution is -2.02. The van der Waals surface area contributed by atoms with Crippen molar-refractivity contribution in [2.75, 3.05) is 5.73 Å². The summed E-state index contributed by atoms with van der Waals surface area (Å²) in [6, 6.07) is 0.951. The Labute approximate surface area is 85.2 Å². The van der Waals surface area contributed by atoms with E-state index in [2.05, 4.69) is 20.9 Å². The van der Waals surface area contributed by atoms with Crippen LogP contribution in [0.3, 0.4) is 0 Å². The molecule has 8 heteroatoms. The summed E-state index contributed by atoms with van der Waals surface area (Å²) in [4.78, 5) is 12.6. The number of hydrogen-bond acceptors (Lipinski definition) is 4. The number of rotatable bonds is 2. The Morgan fingerprint density at radius 2 is 2.21 bits per heavy atom. The van der Waals surface area contributed by atoms with Crippen molar-refractivity contribution in [1.29, 1.82) is 0 Å². The van der Waals surface area contributed by atoms with E-state index < -0.39 is 22.9 Å². The van der Waals surface area contributed by atoms with E-state index in [1.54, 1.807) is 0 Å². The molecule has 0 aliphatic carbocycles. The molecule has 76 valence electrons. The van der Waals surface area contributed by atoms with Crippen LogP contribution in [0.1, 0.15) is 12.1 Å². The van der Waals surface area contributed by atoms with Crippen LogP contribution in [0, 0.1) is 10.1 Å². The van der Waals surface area contributed by atoms with Crippen molar-refractivity contribution in [1.82, 2.24) is 4.98 Å². The standard InChI is InChI=1S/C6H4BrF2N3O2/c7-2-1-3(5(8)9)11-6(4(2)10)12(13)14/h1,5H,10H2. The first-order valence-electron chi connectivity index (χ1n) is 3.32. The van der Waals surface area contributed by atoms with Gasteiger partial charge in [-0.25, -0.2) is 8.78 Å². The first-order chi connectivity index (χ1) is 6.43. The number of aromatic nitrogens is 1. The van der Waals surface area contributed by atoms with Crippen LogP contribution >= 0.6 is 15.9 Å².